The van der Waals surface area contributed by atoms with Crippen LogP contribution in [0.3, 0.4) is 0 Å². The fourth-order valence-corrected chi connectivity index (χ4v) is 4.08. The standard InChI is InChI=1S/C13H11ClF2N4O5S2/c1-24-7-5-8(25-2)18-12(17-7)19-13(21)20-27(22,23)11-6(3-4-26-11)9(15)10(14)16/h3-5H,1-2H3,(H2,17,18,19,20,21). The van der Waals surface area contributed by atoms with Crippen LogP contribution in [0.25, 0.3) is 5.83 Å². The van der Waals surface area contributed by atoms with E-state index >= 15 is 0 Å². The maximum absolute atomic E-state index is 13.7. The van der Waals surface area contributed by atoms with Crippen LogP contribution in [-0.2, 0) is 10.0 Å². The molecular formula is C13H11ClF2N4O5S2. The lowest BCUT2D eigenvalue weighted by Crippen LogP contribution is -2.34. The lowest BCUT2D eigenvalue weighted by Gasteiger charge is -2.09. The SMILES string of the molecule is COc1cc(OC)nc(NC(=O)NS(=O)(=O)c2sccc2C(F)=C(F)Cl)n1. The molecule has 0 fully saturated rings. The number of nitrogens with one attached hydrogen (secondary N) is 2. The minimum absolute atomic E-state index is 0.0466. The highest BCUT2D eigenvalue weighted by atomic mass is 35.5. The van der Waals surface area contributed by atoms with Crippen LogP contribution in [0.5, 0.6) is 11.8 Å². The van der Waals surface area contributed by atoms with E-state index in [4.69, 9.17) is 21.1 Å². The summed E-state index contributed by atoms with van der Waals surface area (Å²) in [5.41, 5.74) is -0.618. The van der Waals surface area contributed by atoms with Gasteiger partial charge in [-0.1, -0.05) is 0 Å². The highest BCUT2D eigenvalue weighted by Crippen LogP contribution is 2.32. The molecule has 2 aromatic rings. The van der Waals surface area contributed by atoms with Gasteiger partial charge in [0.15, 0.2) is 10.0 Å². The van der Waals surface area contributed by atoms with Gasteiger partial charge in [0.25, 0.3) is 10.0 Å². The lowest BCUT2D eigenvalue weighted by atomic mass is 10.3. The zero-order chi connectivity index (χ0) is 20.2. The molecule has 2 heterocycles. The second-order valence-electron chi connectivity index (χ2n) is 4.53. The summed E-state index contributed by atoms with van der Waals surface area (Å²) in [5.74, 6) is -1.79. The smallest absolute Gasteiger partial charge is 0.335 e. The van der Waals surface area contributed by atoms with E-state index in [0.717, 1.165) is 6.07 Å². The minimum atomic E-state index is -4.54. The summed E-state index contributed by atoms with van der Waals surface area (Å²) >= 11 is 5.48. The topological polar surface area (TPSA) is 120 Å². The lowest BCUT2D eigenvalue weighted by molar-refractivity contribution is 0.256. The van der Waals surface area contributed by atoms with Crippen molar-refractivity contribution in [3.05, 3.63) is 28.4 Å². The van der Waals surface area contributed by atoms with Crippen LogP contribution in [0.4, 0.5) is 19.5 Å². The number of carbonyl (C=O) groups is 1. The maximum atomic E-state index is 13.7. The Morgan fingerprint density at radius 3 is 2.33 bits per heavy atom. The van der Waals surface area contributed by atoms with Gasteiger partial charge < -0.3 is 9.47 Å². The average Bonchev–Trinajstić information content (AvgIpc) is 3.10. The number of amides is 2. The van der Waals surface area contributed by atoms with Crippen molar-refractivity contribution < 1.29 is 31.5 Å². The summed E-state index contributed by atoms with van der Waals surface area (Å²) < 4.78 is 61.9. The number of aromatic nitrogens is 2. The zero-order valence-corrected chi connectivity index (χ0v) is 16.0. The second kappa shape index (κ2) is 8.45. The Hall–Kier alpha value is -2.51. The van der Waals surface area contributed by atoms with E-state index in [-0.39, 0.29) is 17.7 Å². The number of thiophene rings is 1. The number of carbonyl (C=O) groups excluding carboxylic acids is 1. The largest absolute Gasteiger partial charge is 0.481 e. The van der Waals surface area contributed by atoms with Crippen molar-refractivity contribution in [2.45, 2.75) is 4.21 Å². The van der Waals surface area contributed by atoms with Gasteiger partial charge in [0, 0.05) is 5.56 Å². The van der Waals surface area contributed by atoms with Crippen LogP contribution in [0.1, 0.15) is 5.56 Å². The number of sulfonamides is 1. The first-order valence-electron chi connectivity index (χ1n) is 6.77. The van der Waals surface area contributed by atoms with Gasteiger partial charge in [0.05, 0.1) is 20.3 Å². The molecule has 0 radical (unpaired) electrons. The molecule has 2 aromatic heterocycles. The predicted molar refractivity (Wildman–Crippen MR) is 93.8 cm³/mol. The average molecular weight is 441 g/mol. The van der Waals surface area contributed by atoms with Crippen molar-refractivity contribution in [3.63, 3.8) is 0 Å². The molecule has 0 saturated heterocycles. The van der Waals surface area contributed by atoms with Crippen molar-refractivity contribution in [3.8, 4) is 11.8 Å². The van der Waals surface area contributed by atoms with Gasteiger partial charge in [-0.2, -0.15) is 14.4 Å². The molecule has 9 nitrogen and oxygen atoms in total. The molecule has 0 unspecified atom stereocenters. The first kappa shape index (κ1) is 20.8. The Morgan fingerprint density at radius 1 is 1.22 bits per heavy atom. The minimum Gasteiger partial charge on any atom is -0.481 e. The highest BCUT2D eigenvalue weighted by molar-refractivity contribution is 7.92. The van der Waals surface area contributed by atoms with E-state index in [1.54, 1.807) is 4.72 Å². The number of methoxy groups -OCH3 is 2. The Balaban J connectivity index is 2.24. The fourth-order valence-electron chi connectivity index (χ4n) is 1.73. The molecule has 0 spiro atoms. The molecule has 0 aliphatic carbocycles. The van der Waals surface area contributed by atoms with Gasteiger partial charge in [-0.05, 0) is 23.0 Å². The quantitative estimate of drug-likeness (QED) is 0.708. The first-order valence-corrected chi connectivity index (χ1v) is 9.51. The summed E-state index contributed by atoms with van der Waals surface area (Å²) in [6.07, 6.45) is 0. The van der Waals surface area contributed by atoms with E-state index in [2.05, 4.69) is 15.3 Å². The van der Waals surface area contributed by atoms with Gasteiger partial charge in [-0.3, -0.25) is 5.32 Å². The van der Waals surface area contributed by atoms with Crippen LogP contribution < -0.4 is 19.5 Å². The van der Waals surface area contributed by atoms with Crippen molar-refractivity contribution in [2.24, 2.45) is 0 Å². The molecule has 2 rings (SSSR count). The monoisotopic (exact) mass is 440 g/mol. The van der Waals surface area contributed by atoms with E-state index in [1.807, 2.05) is 0 Å². The predicted octanol–water partition coefficient (Wildman–Crippen LogP) is 2.87. The molecule has 27 heavy (non-hydrogen) atoms. The molecule has 0 saturated carbocycles. The summed E-state index contributed by atoms with van der Waals surface area (Å²) in [7, 11) is -1.91. The summed E-state index contributed by atoms with van der Waals surface area (Å²) in [6, 6.07) is 1.08. The highest BCUT2D eigenvalue weighted by Gasteiger charge is 2.26. The Labute approximate surface area is 161 Å². The number of hydrogen-bond acceptors (Lipinski definition) is 8. The van der Waals surface area contributed by atoms with E-state index in [9.17, 15) is 22.0 Å². The molecule has 0 atom stereocenters. The van der Waals surface area contributed by atoms with Crippen molar-refractivity contribution in [2.75, 3.05) is 19.5 Å². The van der Waals surface area contributed by atoms with Crippen LogP contribution in [0.2, 0.25) is 0 Å². The first-order chi connectivity index (χ1) is 12.7. The van der Waals surface area contributed by atoms with Crippen molar-refractivity contribution >= 4 is 50.8 Å². The molecule has 0 bridgehead atoms. The zero-order valence-electron chi connectivity index (χ0n) is 13.6. The van der Waals surface area contributed by atoms with E-state index < -0.39 is 36.9 Å². The molecular weight excluding hydrogens is 430 g/mol. The van der Waals surface area contributed by atoms with E-state index in [1.165, 1.54) is 25.7 Å². The molecule has 0 aromatic carbocycles. The fraction of sp³-hybridized carbons (Fsp3) is 0.154. The number of ether oxygens (including phenoxy) is 2. The van der Waals surface area contributed by atoms with E-state index in [0.29, 0.717) is 11.3 Å². The number of halogens is 3. The third-order valence-electron chi connectivity index (χ3n) is 2.83. The molecule has 2 amide bonds. The van der Waals surface area contributed by atoms with Crippen molar-refractivity contribution in [1.82, 2.24) is 14.7 Å². The van der Waals surface area contributed by atoms with Gasteiger partial charge in [0.2, 0.25) is 23.0 Å². The number of anilines is 1. The summed E-state index contributed by atoms with van der Waals surface area (Å²) in [6.45, 7) is 0. The van der Waals surface area contributed by atoms with Gasteiger partial charge in [-0.15, -0.1) is 11.3 Å². The number of hydrogen-bond donors (Lipinski definition) is 2. The Bertz CT molecular complexity index is 970. The molecule has 0 aliphatic heterocycles. The van der Waals surface area contributed by atoms with Crippen molar-refractivity contribution in [1.29, 1.82) is 0 Å². The summed E-state index contributed by atoms with van der Waals surface area (Å²) in [4.78, 5) is 19.6. The number of rotatable bonds is 6. The molecule has 0 aliphatic rings. The third-order valence-corrected chi connectivity index (χ3v) is 5.81. The Kier molecular flexibility index (Phi) is 6.51. The molecule has 146 valence electrons. The molecule has 14 heteroatoms. The van der Waals surface area contributed by atoms with Gasteiger partial charge in [-0.25, -0.2) is 22.3 Å². The molecule has 2 N–H and O–H groups in total. The number of nitrogens with zero attached hydrogens (tertiary/aromatic N) is 2. The normalized spacial score (nSPS) is 12.2. The maximum Gasteiger partial charge on any atom is 0.335 e. The number of urea groups is 1. The van der Waals surface area contributed by atoms with Gasteiger partial charge >= 0.3 is 6.03 Å². The van der Waals surface area contributed by atoms with Crippen LogP contribution in [0, 0.1) is 0 Å². The second-order valence-corrected chi connectivity index (χ2v) is 7.66. The third kappa shape index (κ3) is 5.02. The summed E-state index contributed by atoms with van der Waals surface area (Å²) in [5, 5.41) is 1.54. The van der Waals surface area contributed by atoms with Gasteiger partial charge in [0.1, 0.15) is 0 Å². The Morgan fingerprint density at radius 2 is 1.81 bits per heavy atom. The van der Waals surface area contributed by atoms with Crippen LogP contribution in [0.15, 0.2) is 27.0 Å². The van der Waals surface area contributed by atoms with Crippen LogP contribution >= 0.6 is 22.9 Å². The van der Waals surface area contributed by atoms with Crippen LogP contribution in [-0.4, -0.2) is 38.6 Å².